The number of anilines is 2. The minimum Gasteiger partial charge on any atom is -0.338 e. The van der Waals surface area contributed by atoms with Crippen molar-refractivity contribution in [3.63, 3.8) is 0 Å². The van der Waals surface area contributed by atoms with Crippen LogP contribution in [0.25, 0.3) is 10.9 Å². The van der Waals surface area contributed by atoms with Crippen molar-refractivity contribution in [2.75, 3.05) is 5.32 Å². The molecular formula is C18H16ClN5O. The minimum atomic E-state index is -0.202. The standard InChI is InChI=1S/C18H16ClN5O/c19-12-3-5-13(6-4-12)22-17-16-15(8-10-21-18(16)25)24(23-17)14(7-9-20)11-1-2-11/h3-6,8,10-11,14H,1-2,7H2,(H,21,25)(H,22,23). The van der Waals surface area contributed by atoms with Gasteiger partial charge in [-0.05, 0) is 49.1 Å². The molecule has 7 heteroatoms. The SMILES string of the molecule is N#CCC(C1CC1)n1nc(Nc2ccc(Cl)cc2)c2c(=O)[nH]ccc21. The van der Waals surface area contributed by atoms with Crippen LogP contribution in [0.4, 0.5) is 11.5 Å². The third-order valence-corrected chi connectivity index (χ3v) is 4.77. The number of aromatic amines is 1. The summed E-state index contributed by atoms with van der Waals surface area (Å²) < 4.78 is 1.84. The maximum absolute atomic E-state index is 12.4. The summed E-state index contributed by atoms with van der Waals surface area (Å²) in [7, 11) is 0. The minimum absolute atomic E-state index is 0.00457. The van der Waals surface area contributed by atoms with Crippen molar-refractivity contribution in [2.45, 2.75) is 25.3 Å². The number of halogens is 1. The first-order chi connectivity index (χ1) is 12.2. The Hall–Kier alpha value is -2.78. The molecule has 126 valence electrons. The number of fused-ring (bicyclic) bond motifs is 1. The molecule has 3 aromatic rings. The van der Waals surface area contributed by atoms with Crippen molar-refractivity contribution in [2.24, 2.45) is 5.92 Å². The largest absolute Gasteiger partial charge is 0.338 e. The third-order valence-electron chi connectivity index (χ3n) is 4.52. The zero-order chi connectivity index (χ0) is 17.4. The van der Waals surface area contributed by atoms with Gasteiger partial charge in [-0.25, -0.2) is 0 Å². The van der Waals surface area contributed by atoms with Crippen molar-refractivity contribution >= 4 is 34.0 Å². The molecule has 1 unspecified atom stereocenters. The Morgan fingerprint density at radius 2 is 2.12 bits per heavy atom. The summed E-state index contributed by atoms with van der Waals surface area (Å²) in [6.07, 6.45) is 4.19. The average Bonchev–Trinajstić information content (AvgIpc) is 3.38. The lowest BCUT2D eigenvalue weighted by atomic mass is 10.1. The average molecular weight is 354 g/mol. The second-order valence-corrected chi connectivity index (χ2v) is 6.70. The quantitative estimate of drug-likeness (QED) is 0.726. The van der Waals surface area contributed by atoms with Crippen molar-refractivity contribution in [1.82, 2.24) is 14.8 Å². The molecule has 2 aromatic heterocycles. The zero-order valence-electron chi connectivity index (χ0n) is 13.4. The molecular weight excluding hydrogens is 338 g/mol. The second kappa shape index (κ2) is 6.26. The van der Waals surface area contributed by atoms with Gasteiger partial charge in [0.1, 0.15) is 5.39 Å². The van der Waals surface area contributed by atoms with Crippen LogP contribution in [0.3, 0.4) is 0 Å². The lowest BCUT2D eigenvalue weighted by Crippen LogP contribution is -2.13. The lowest BCUT2D eigenvalue weighted by Gasteiger charge is -2.14. The molecule has 25 heavy (non-hydrogen) atoms. The van der Waals surface area contributed by atoms with Crippen LogP contribution in [0, 0.1) is 17.2 Å². The first kappa shape index (κ1) is 15.7. The maximum Gasteiger partial charge on any atom is 0.261 e. The fourth-order valence-corrected chi connectivity index (χ4v) is 3.26. The lowest BCUT2D eigenvalue weighted by molar-refractivity contribution is 0.426. The van der Waals surface area contributed by atoms with Crippen molar-refractivity contribution in [3.8, 4) is 6.07 Å². The molecule has 1 atom stereocenters. The van der Waals surface area contributed by atoms with Crippen molar-refractivity contribution < 1.29 is 0 Å². The number of hydrogen-bond donors (Lipinski definition) is 2. The molecule has 6 nitrogen and oxygen atoms in total. The van der Waals surface area contributed by atoms with E-state index in [0.29, 0.717) is 28.6 Å². The number of aromatic nitrogens is 3. The molecule has 1 fully saturated rings. The summed E-state index contributed by atoms with van der Waals surface area (Å²) in [6, 6.07) is 11.3. The maximum atomic E-state index is 12.4. The van der Waals surface area contributed by atoms with Gasteiger partial charge in [-0.15, -0.1) is 0 Å². The molecule has 1 aliphatic carbocycles. The highest BCUT2D eigenvalue weighted by atomic mass is 35.5. The van der Waals surface area contributed by atoms with Gasteiger partial charge in [0, 0.05) is 16.9 Å². The molecule has 4 rings (SSSR count). The first-order valence-corrected chi connectivity index (χ1v) is 8.54. The van der Waals surface area contributed by atoms with Crippen LogP contribution < -0.4 is 10.9 Å². The van der Waals surface area contributed by atoms with Crippen LogP contribution in [0.15, 0.2) is 41.3 Å². The molecule has 0 amide bonds. The second-order valence-electron chi connectivity index (χ2n) is 6.26. The van der Waals surface area contributed by atoms with Gasteiger partial charge in [0.25, 0.3) is 5.56 Å². The predicted octanol–water partition coefficient (Wildman–Crippen LogP) is 3.99. The highest BCUT2D eigenvalue weighted by Crippen LogP contribution is 2.42. The van der Waals surface area contributed by atoms with E-state index in [1.807, 2.05) is 22.9 Å². The van der Waals surface area contributed by atoms with Crippen LogP contribution in [-0.2, 0) is 0 Å². The third kappa shape index (κ3) is 2.99. The van der Waals surface area contributed by atoms with E-state index < -0.39 is 0 Å². The van der Waals surface area contributed by atoms with E-state index in [9.17, 15) is 10.1 Å². The molecule has 2 heterocycles. The van der Waals surface area contributed by atoms with E-state index in [2.05, 4.69) is 21.5 Å². The van der Waals surface area contributed by atoms with E-state index in [4.69, 9.17) is 11.6 Å². The molecule has 0 bridgehead atoms. The summed E-state index contributed by atoms with van der Waals surface area (Å²) in [5.41, 5.74) is 1.33. The molecule has 2 N–H and O–H groups in total. The highest BCUT2D eigenvalue weighted by Gasteiger charge is 2.34. The van der Waals surface area contributed by atoms with Gasteiger partial charge in [0.2, 0.25) is 0 Å². The Bertz CT molecular complexity index is 1010. The number of nitrogens with zero attached hydrogens (tertiary/aromatic N) is 3. The zero-order valence-corrected chi connectivity index (χ0v) is 14.1. The van der Waals surface area contributed by atoms with Crippen molar-refractivity contribution in [3.05, 3.63) is 51.9 Å². The number of benzene rings is 1. The summed E-state index contributed by atoms with van der Waals surface area (Å²) in [5, 5.41) is 18.2. The Kier molecular flexibility index (Phi) is 3.94. The smallest absolute Gasteiger partial charge is 0.261 e. The Balaban J connectivity index is 1.82. The van der Waals surface area contributed by atoms with Gasteiger partial charge < -0.3 is 10.3 Å². The van der Waals surface area contributed by atoms with E-state index in [1.54, 1.807) is 18.3 Å². The van der Waals surface area contributed by atoms with Crippen LogP contribution >= 0.6 is 11.6 Å². The van der Waals surface area contributed by atoms with E-state index in [-0.39, 0.29) is 11.6 Å². The number of nitrogens with one attached hydrogen (secondary N) is 2. The highest BCUT2D eigenvalue weighted by molar-refractivity contribution is 6.30. The Morgan fingerprint density at radius 1 is 1.36 bits per heavy atom. The summed E-state index contributed by atoms with van der Waals surface area (Å²) in [6.45, 7) is 0. The van der Waals surface area contributed by atoms with Gasteiger partial charge in [0.15, 0.2) is 5.82 Å². The van der Waals surface area contributed by atoms with Gasteiger partial charge >= 0.3 is 0 Å². The summed E-state index contributed by atoms with van der Waals surface area (Å²) >= 11 is 5.92. The monoisotopic (exact) mass is 353 g/mol. The number of rotatable bonds is 5. The Labute approximate surface area is 149 Å². The molecule has 1 aliphatic rings. The van der Waals surface area contributed by atoms with E-state index >= 15 is 0 Å². The number of nitriles is 1. The van der Waals surface area contributed by atoms with Gasteiger partial charge in [-0.2, -0.15) is 10.4 Å². The normalized spacial score (nSPS) is 15.0. The number of pyridine rings is 1. The summed E-state index contributed by atoms with van der Waals surface area (Å²) in [5.74, 6) is 0.938. The van der Waals surface area contributed by atoms with Gasteiger partial charge in [0.05, 0.1) is 24.0 Å². The number of H-pyrrole nitrogens is 1. The van der Waals surface area contributed by atoms with E-state index in [0.717, 1.165) is 24.0 Å². The molecule has 0 aliphatic heterocycles. The fraction of sp³-hybridized carbons (Fsp3) is 0.278. The van der Waals surface area contributed by atoms with Gasteiger partial charge in [-0.3, -0.25) is 9.48 Å². The van der Waals surface area contributed by atoms with Crippen LogP contribution in [0.1, 0.15) is 25.3 Å². The molecule has 0 radical (unpaired) electrons. The first-order valence-electron chi connectivity index (χ1n) is 8.17. The summed E-state index contributed by atoms with van der Waals surface area (Å²) in [4.78, 5) is 15.1. The molecule has 0 saturated heterocycles. The Morgan fingerprint density at radius 3 is 2.80 bits per heavy atom. The number of hydrogen-bond acceptors (Lipinski definition) is 4. The molecule has 0 spiro atoms. The topological polar surface area (TPSA) is 86.5 Å². The molecule has 1 saturated carbocycles. The van der Waals surface area contributed by atoms with Crippen molar-refractivity contribution in [1.29, 1.82) is 5.26 Å². The van der Waals surface area contributed by atoms with Crippen LogP contribution in [-0.4, -0.2) is 14.8 Å². The predicted molar refractivity (Wildman–Crippen MR) is 97.1 cm³/mol. The van der Waals surface area contributed by atoms with Crippen LogP contribution in [0.5, 0.6) is 0 Å². The van der Waals surface area contributed by atoms with E-state index in [1.165, 1.54) is 0 Å². The van der Waals surface area contributed by atoms with Crippen LogP contribution in [0.2, 0.25) is 5.02 Å². The fourth-order valence-electron chi connectivity index (χ4n) is 3.14. The van der Waals surface area contributed by atoms with Gasteiger partial charge in [-0.1, -0.05) is 11.6 Å². The molecule has 1 aromatic carbocycles.